The van der Waals surface area contributed by atoms with E-state index in [2.05, 4.69) is 15.2 Å². The fourth-order valence-electron chi connectivity index (χ4n) is 1.40. The van der Waals surface area contributed by atoms with E-state index in [-0.39, 0.29) is 0 Å². The third-order valence-electron chi connectivity index (χ3n) is 1.93. The first-order chi connectivity index (χ1) is 4.97. The lowest BCUT2D eigenvalue weighted by Gasteiger charge is -2.43. The van der Waals surface area contributed by atoms with Crippen LogP contribution in [0, 0.1) is 6.29 Å². The lowest BCUT2D eigenvalue weighted by atomic mass is 10.2. The molecule has 1 saturated heterocycles. The standard InChI is InChI=1S/C7H12N3/c1-3-8-7-9-4-2-6-10(7)5-1/h3,9H,1-2,4-6H2/q-1. The Morgan fingerprint density at radius 2 is 2.50 bits per heavy atom. The molecule has 2 aliphatic heterocycles. The SMILES string of the molecule is C1=N[C-]2NCCCN2CC1. The molecule has 0 bridgehead atoms. The Morgan fingerprint density at radius 3 is 3.40 bits per heavy atom. The minimum atomic E-state index is 1.08. The van der Waals surface area contributed by atoms with Gasteiger partial charge in [0.25, 0.3) is 0 Å². The molecule has 0 aromatic carbocycles. The molecule has 2 rings (SSSR count). The van der Waals surface area contributed by atoms with Crippen LogP contribution in [0.2, 0.25) is 0 Å². The average molecular weight is 138 g/mol. The second-order valence-electron chi connectivity index (χ2n) is 2.69. The Balaban J connectivity index is 2.03. The van der Waals surface area contributed by atoms with Gasteiger partial charge < -0.3 is 15.2 Å². The third-order valence-corrected chi connectivity index (χ3v) is 1.93. The van der Waals surface area contributed by atoms with Crippen molar-refractivity contribution in [2.75, 3.05) is 19.6 Å². The predicted octanol–water partition coefficient (Wildman–Crippen LogP) is 0.203. The van der Waals surface area contributed by atoms with Gasteiger partial charge in [0.2, 0.25) is 0 Å². The van der Waals surface area contributed by atoms with Gasteiger partial charge >= 0.3 is 0 Å². The molecule has 0 aliphatic carbocycles. The summed E-state index contributed by atoms with van der Waals surface area (Å²) in [6, 6.07) is 0. The minimum absolute atomic E-state index is 1.08. The van der Waals surface area contributed by atoms with E-state index >= 15 is 0 Å². The summed E-state index contributed by atoms with van der Waals surface area (Å²) in [5.74, 6) is 0. The molecule has 0 amide bonds. The number of hydrogen-bond donors (Lipinski definition) is 1. The van der Waals surface area contributed by atoms with Crippen LogP contribution in [0.1, 0.15) is 12.8 Å². The maximum Gasteiger partial charge on any atom is -0.00290 e. The van der Waals surface area contributed by atoms with Gasteiger partial charge in [-0.2, -0.15) is 0 Å². The van der Waals surface area contributed by atoms with Crippen molar-refractivity contribution in [1.29, 1.82) is 0 Å². The summed E-state index contributed by atoms with van der Waals surface area (Å²) in [5.41, 5.74) is 0. The van der Waals surface area contributed by atoms with E-state index in [4.69, 9.17) is 0 Å². The van der Waals surface area contributed by atoms with Crippen LogP contribution in [0.3, 0.4) is 0 Å². The average Bonchev–Trinajstić information content (AvgIpc) is 2.05. The Labute approximate surface area is 61.1 Å². The molecule has 1 fully saturated rings. The molecule has 56 valence electrons. The van der Waals surface area contributed by atoms with Crippen LogP contribution in [0.15, 0.2) is 4.99 Å². The smallest absolute Gasteiger partial charge is 0.00290 e. The van der Waals surface area contributed by atoms with Crippen LogP contribution >= 0.6 is 0 Å². The normalized spacial score (nSPS) is 26.6. The molecule has 2 aliphatic rings. The first-order valence-electron chi connectivity index (χ1n) is 3.85. The van der Waals surface area contributed by atoms with E-state index in [0.29, 0.717) is 0 Å². The number of fused-ring (bicyclic) bond motifs is 1. The van der Waals surface area contributed by atoms with Gasteiger partial charge in [-0.25, -0.2) is 0 Å². The van der Waals surface area contributed by atoms with E-state index in [1.54, 1.807) is 0 Å². The zero-order valence-corrected chi connectivity index (χ0v) is 6.01. The second-order valence-corrected chi connectivity index (χ2v) is 2.69. The Kier molecular flexibility index (Phi) is 1.61. The van der Waals surface area contributed by atoms with Crippen LogP contribution in [0.5, 0.6) is 0 Å². The van der Waals surface area contributed by atoms with Crippen LogP contribution < -0.4 is 5.32 Å². The topological polar surface area (TPSA) is 27.6 Å². The fourth-order valence-corrected chi connectivity index (χ4v) is 1.40. The lowest BCUT2D eigenvalue weighted by molar-refractivity contribution is 0.216. The molecule has 3 heteroatoms. The molecular formula is C7H12N3-. The highest BCUT2D eigenvalue weighted by Crippen LogP contribution is 2.14. The van der Waals surface area contributed by atoms with Crippen molar-refractivity contribution in [2.45, 2.75) is 12.8 Å². The molecule has 0 saturated carbocycles. The van der Waals surface area contributed by atoms with Gasteiger partial charge in [0.1, 0.15) is 0 Å². The van der Waals surface area contributed by atoms with Crippen molar-refractivity contribution in [1.82, 2.24) is 10.2 Å². The molecule has 0 spiro atoms. The first-order valence-corrected chi connectivity index (χ1v) is 3.85. The van der Waals surface area contributed by atoms with E-state index in [0.717, 1.165) is 25.8 Å². The van der Waals surface area contributed by atoms with Gasteiger partial charge in [-0.3, -0.25) is 0 Å². The number of nitrogens with zero attached hydrogens (tertiary/aromatic N) is 2. The van der Waals surface area contributed by atoms with E-state index in [9.17, 15) is 0 Å². The van der Waals surface area contributed by atoms with Crippen molar-refractivity contribution in [3.8, 4) is 0 Å². The van der Waals surface area contributed by atoms with Crippen LogP contribution in [0.25, 0.3) is 0 Å². The summed E-state index contributed by atoms with van der Waals surface area (Å²) in [4.78, 5) is 6.57. The maximum atomic E-state index is 4.26. The molecule has 3 nitrogen and oxygen atoms in total. The van der Waals surface area contributed by atoms with Crippen molar-refractivity contribution >= 4 is 6.21 Å². The zero-order chi connectivity index (χ0) is 6.81. The van der Waals surface area contributed by atoms with Crippen LogP contribution in [-0.2, 0) is 0 Å². The number of aliphatic imine (C=N–C) groups is 1. The summed E-state index contributed by atoms with van der Waals surface area (Å²) in [6.07, 6.45) is 5.42. The summed E-state index contributed by atoms with van der Waals surface area (Å²) < 4.78 is 0. The lowest BCUT2D eigenvalue weighted by Crippen LogP contribution is -2.46. The van der Waals surface area contributed by atoms with E-state index in [1.807, 2.05) is 6.21 Å². The van der Waals surface area contributed by atoms with E-state index in [1.165, 1.54) is 13.0 Å². The minimum Gasteiger partial charge on any atom is -0.427 e. The quantitative estimate of drug-likeness (QED) is 0.484. The molecular weight excluding hydrogens is 126 g/mol. The molecule has 1 N–H and O–H groups in total. The molecule has 0 aromatic heterocycles. The number of rotatable bonds is 0. The predicted molar refractivity (Wildman–Crippen MR) is 40.5 cm³/mol. The Morgan fingerprint density at radius 1 is 1.50 bits per heavy atom. The molecule has 0 radical (unpaired) electrons. The number of nitrogens with one attached hydrogen (secondary N) is 1. The van der Waals surface area contributed by atoms with Gasteiger partial charge in [-0.05, 0) is 32.3 Å². The van der Waals surface area contributed by atoms with Gasteiger partial charge in [0.05, 0.1) is 0 Å². The zero-order valence-electron chi connectivity index (χ0n) is 6.01. The maximum absolute atomic E-state index is 4.26. The molecule has 0 unspecified atom stereocenters. The van der Waals surface area contributed by atoms with Crippen LogP contribution in [0.4, 0.5) is 0 Å². The highest BCUT2D eigenvalue weighted by Gasteiger charge is 2.13. The fraction of sp³-hybridized carbons (Fsp3) is 0.714. The van der Waals surface area contributed by atoms with Crippen molar-refractivity contribution < 1.29 is 0 Å². The van der Waals surface area contributed by atoms with E-state index < -0.39 is 0 Å². The number of hydrogen-bond acceptors (Lipinski definition) is 3. The second kappa shape index (κ2) is 2.60. The van der Waals surface area contributed by atoms with Crippen molar-refractivity contribution in [3.05, 3.63) is 6.29 Å². The van der Waals surface area contributed by atoms with Gasteiger partial charge in [0.15, 0.2) is 0 Å². The largest absolute Gasteiger partial charge is 0.427 e. The Bertz CT molecular complexity index is 144. The summed E-state index contributed by atoms with van der Waals surface area (Å²) >= 11 is 0. The highest BCUT2D eigenvalue weighted by molar-refractivity contribution is 5.59. The first kappa shape index (κ1) is 6.19. The third kappa shape index (κ3) is 1.02. The molecule has 10 heavy (non-hydrogen) atoms. The Hall–Kier alpha value is -0.540. The molecule has 2 heterocycles. The van der Waals surface area contributed by atoms with Gasteiger partial charge in [0, 0.05) is 0 Å². The van der Waals surface area contributed by atoms with Gasteiger partial charge in [-0.1, -0.05) is 6.42 Å². The molecule has 0 aromatic rings. The van der Waals surface area contributed by atoms with Crippen LogP contribution in [-0.4, -0.2) is 30.7 Å². The van der Waals surface area contributed by atoms with Crippen molar-refractivity contribution in [3.63, 3.8) is 0 Å². The summed E-state index contributed by atoms with van der Waals surface area (Å²) in [7, 11) is 0. The van der Waals surface area contributed by atoms with Gasteiger partial charge in [-0.15, -0.1) is 6.21 Å². The summed E-state index contributed by atoms with van der Waals surface area (Å²) in [6.45, 7) is 3.41. The highest BCUT2D eigenvalue weighted by atomic mass is 15.4. The molecule has 0 atom stereocenters. The van der Waals surface area contributed by atoms with Crippen molar-refractivity contribution in [2.24, 2.45) is 4.99 Å². The summed E-state index contributed by atoms with van der Waals surface area (Å²) in [5, 5.41) is 3.27. The monoisotopic (exact) mass is 138 g/mol.